The van der Waals surface area contributed by atoms with E-state index in [4.69, 9.17) is 27.5 Å². The van der Waals surface area contributed by atoms with E-state index in [0.717, 1.165) is 60.8 Å². The molecule has 0 amide bonds. The van der Waals surface area contributed by atoms with Crippen molar-refractivity contribution in [3.8, 4) is 0 Å². The third-order valence-electron chi connectivity index (χ3n) is 6.13. The second kappa shape index (κ2) is 10.4. The Morgan fingerprint density at radius 3 is 2.23 bits per heavy atom. The van der Waals surface area contributed by atoms with E-state index in [0.29, 0.717) is 10.2 Å². The fraction of sp³-hybridized carbons (Fsp3) is 0.524. The zero-order valence-electron chi connectivity index (χ0n) is 17.0. The Hall–Kier alpha value is -1.25. The van der Waals surface area contributed by atoms with Crippen molar-refractivity contribution >= 4 is 46.7 Å². The van der Waals surface area contributed by atoms with Gasteiger partial charge >= 0.3 is 0 Å². The third-order valence-corrected chi connectivity index (χ3v) is 7.48. The van der Waals surface area contributed by atoms with Gasteiger partial charge in [0.2, 0.25) is 0 Å². The van der Waals surface area contributed by atoms with Gasteiger partial charge in [0, 0.05) is 31.9 Å². The van der Waals surface area contributed by atoms with Crippen LogP contribution in [0.2, 0.25) is 10.2 Å². The number of hydrogen-bond donors (Lipinski definition) is 0. The molecule has 30 heavy (non-hydrogen) atoms. The van der Waals surface area contributed by atoms with Crippen LogP contribution < -0.4 is 9.80 Å². The predicted molar refractivity (Wildman–Crippen MR) is 122 cm³/mol. The third kappa shape index (κ3) is 5.32. The highest BCUT2D eigenvalue weighted by Gasteiger charge is 2.30. The summed E-state index contributed by atoms with van der Waals surface area (Å²) in [6, 6.07) is 6.12. The van der Waals surface area contributed by atoms with Crippen molar-refractivity contribution in [2.24, 2.45) is 11.8 Å². The van der Waals surface area contributed by atoms with E-state index in [9.17, 15) is 0 Å². The van der Waals surface area contributed by atoms with Crippen molar-refractivity contribution in [3.63, 3.8) is 0 Å². The molecule has 0 spiro atoms. The number of aromatic nitrogens is 2. The molecule has 0 radical (unpaired) electrons. The Morgan fingerprint density at radius 2 is 1.63 bits per heavy atom. The molecule has 2 aliphatic rings. The molecule has 0 saturated carbocycles. The second-order valence-electron chi connectivity index (χ2n) is 7.78. The SMILES string of the molecule is COOSc1ccc(N2CCC(C3CCN(c4cncc(Cl)n4)CC3)CC2)cc1Cl. The molecule has 4 rings (SSSR count). The number of halogens is 2. The fourth-order valence-corrected chi connectivity index (χ4v) is 5.35. The lowest BCUT2D eigenvalue weighted by atomic mass is 9.78. The Kier molecular flexibility index (Phi) is 7.59. The van der Waals surface area contributed by atoms with E-state index < -0.39 is 0 Å². The molecule has 0 unspecified atom stereocenters. The normalized spacial score (nSPS) is 18.8. The average molecular weight is 469 g/mol. The smallest absolute Gasteiger partial charge is 0.149 e. The van der Waals surface area contributed by atoms with E-state index in [1.807, 2.05) is 12.1 Å². The van der Waals surface area contributed by atoms with Crippen molar-refractivity contribution in [1.82, 2.24) is 9.97 Å². The number of hydrogen-bond acceptors (Lipinski definition) is 7. The number of benzene rings is 1. The van der Waals surface area contributed by atoms with Gasteiger partial charge in [0.1, 0.15) is 11.0 Å². The lowest BCUT2D eigenvalue weighted by Gasteiger charge is -2.41. The van der Waals surface area contributed by atoms with Gasteiger partial charge in [0.05, 0.1) is 41.5 Å². The number of piperidine rings is 2. The molecule has 3 heterocycles. The van der Waals surface area contributed by atoms with Crippen molar-refractivity contribution in [2.45, 2.75) is 30.6 Å². The summed E-state index contributed by atoms with van der Waals surface area (Å²) in [5, 5.41) is 1.15. The molecular formula is C21H26Cl2N4O2S. The highest BCUT2D eigenvalue weighted by atomic mass is 35.5. The van der Waals surface area contributed by atoms with Gasteiger partial charge in [0.15, 0.2) is 0 Å². The fourth-order valence-electron chi connectivity index (χ4n) is 4.54. The first-order valence-electron chi connectivity index (χ1n) is 10.3. The summed E-state index contributed by atoms with van der Waals surface area (Å²) in [6.07, 6.45) is 8.25. The molecule has 2 aliphatic heterocycles. The highest BCUT2D eigenvalue weighted by Crippen LogP contribution is 2.36. The van der Waals surface area contributed by atoms with E-state index in [1.165, 1.54) is 38.5 Å². The second-order valence-corrected chi connectivity index (χ2v) is 9.32. The van der Waals surface area contributed by atoms with Crippen LogP contribution >= 0.6 is 35.2 Å². The molecule has 2 aromatic rings. The summed E-state index contributed by atoms with van der Waals surface area (Å²) < 4.78 is 4.91. The standard InChI is InChI=1S/C21H26Cl2N4O2S/c1-28-29-30-19-3-2-17(12-18(19)22)26-8-4-15(5-9-26)16-6-10-27(11-7-16)21-14-24-13-20(23)25-21/h2-3,12-16H,4-11H2,1H3. The maximum Gasteiger partial charge on any atom is 0.149 e. The van der Waals surface area contributed by atoms with Crippen LogP contribution in [0.1, 0.15) is 25.7 Å². The zero-order valence-corrected chi connectivity index (χ0v) is 19.3. The van der Waals surface area contributed by atoms with Gasteiger partial charge in [-0.2, -0.15) is 4.33 Å². The molecule has 6 nitrogen and oxygen atoms in total. The molecule has 2 fully saturated rings. The first-order valence-corrected chi connectivity index (χ1v) is 11.8. The molecule has 0 bridgehead atoms. The molecular weight excluding hydrogens is 443 g/mol. The molecule has 0 N–H and O–H groups in total. The minimum atomic E-state index is 0.458. The Labute approximate surface area is 192 Å². The van der Waals surface area contributed by atoms with Crippen LogP contribution in [-0.2, 0) is 9.22 Å². The molecule has 2 saturated heterocycles. The minimum Gasteiger partial charge on any atom is -0.371 e. The maximum absolute atomic E-state index is 6.40. The van der Waals surface area contributed by atoms with E-state index in [1.54, 1.807) is 12.4 Å². The van der Waals surface area contributed by atoms with Crippen LogP contribution in [0.15, 0.2) is 35.5 Å². The minimum absolute atomic E-state index is 0.458. The monoisotopic (exact) mass is 468 g/mol. The van der Waals surface area contributed by atoms with E-state index in [2.05, 4.69) is 30.7 Å². The van der Waals surface area contributed by atoms with Crippen LogP contribution in [0.4, 0.5) is 11.5 Å². The highest BCUT2D eigenvalue weighted by molar-refractivity contribution is 7.94. The topological polar surface area (TPSA) is 50.7 Å². The maximum atomic E-state index is 6.40. The van der Waals surface area contributed by atoms with Crippen LogP contribution in [0.5, 0.6) is 0 Å². The van der Waals surface area contributed by atoms with Crippen molar-refractivity contribution < 1.29 is 9.22 Å². The summed E-state index contributed by atoms with van der Waals surface area (Å²) in [5.41, 5.74) is 1.18. The van der Waals surface area contributed by atoms with E-state index >= 15 is 0 Å². The van der Waals surface area contributed by atoms with Crippen molar-refractivity contribution in [3.05, 3.63) is 40.8 Å². The van der Waals surface area contributed by atoms with Gasteiger partial charge in [0.25, 0.3) is 0 Å². The lowest BCUT2D eigenvalue weighted by Crippen LogP contribution is -2.41. The zero-order chi connectivity index (χ0) is 20.9. The first kappa shape index (κ1) is 22.0. The Bertz CT molecular complexity index is 844. The van der Waals surface area contributed by atoms with Gasteiger partial charge in [-0.1, -0.05) is 23.2 Å². The molecule has 0 aliphatic carbocycles. The van der Waals surface area contributed by atoms with Crippen LogP contribution in [-0.4, -0.2) is 43.3 Å². The van der Waals surface area contributed by atoms with Gasteiger partial charge in [-0.25, -0.2) is 9.87 Å². The largest absolute Gasteiger partial charge is 0.371 e. The number of rotatable bonds is 6. The number of anilines is 2. The summed E-state index contributed by atoms with van der Waals surface area (Å²) in [4.78, 5) is 18.8. The number of nitrogens with zero attached hydrogens (tertiary/aromatic N) is 4. The first-order chi connectivity index (χ1) is 14.6. The quantitative estimate of drug-likeness (QED) is 0.315. The van der Waals surface area contributed by atoms with E-state index in [-0.39, 0.29) is 0 Å². The molecule has 9 heteroatoms. The van der Waals surface area contributed by atoms with Crippen LogP contribution in [0.3, 0.4) is 0 Å². The summed E-state index contributed by atoms with van der Waals surface area (Å²) in [6.45, 7) is 4.19. The van der Waals surface area contributed by atoms with Gasteiger partial charge in [-0.05, 0) is 55.7 Å². The molecule has 0 atom stereocenters. The lowest BCUT2D eigenvalue weighted by molar-refractivity contribution is -0.160. The van der Waals surface area contributed by atoms with Crippen LogP contribution in [0.25, 0.3) is 0 Å². The Morgan fingerprint density at radius 1 is 0.967 bits per heavy atom. The van der Waals surface area contributed by atoms with Crippen molar-refractivity contribution in [1.29, 1.82) is 0 Å². The summed E-state index contributed by atoms with van der Waals surface area (Å²) in [7, 11) is 1.48. The van der Waals surface area contributed by atoms with Gasteiger partial charge in [-0.15, -0.1) is 0 Å². The van der Waals surface area contributed by atoms with Gasteiger partial charge < -0.3 is 9.80 Å². The summed E-state index contributed by atoms with van der Waals surface area (Å²) >= 11 is 13.5. The average Bonchev–Trinajstić information content (AvgIpc) is 2.78. The Balaban J connectivity index is 1.27. The van der Waals surface area contributed by atoms with Gasteiger partial charge in [-0.3, -0.25) is 4.98 Å². The predicted octanol–water partition coefficient (Wildman–Crippen LogP) is 5.50. The molecule has 1 aromatic carbocycles. The molecule has 1 aromatic heterocycles. The van der Waals surface area contributed by atoms with Crippen molar-refractivity contribution in [2.75, 3.05) is 43.1 Å². The summed E-state index contributed by atoms with van der Waals surface area (Å²) in [5.74, 6) is 2.46. The molecule has 162 valence electrons. The van der Waals surface area contributed by atoms with Crippen LogP contribution in [0, 0.1) is 11.8 Å².